The highest BCUT2D eigenvalue weighted by Crippen LogP contribution is 2.39. The van der Waals surface area contributed by atoms with E-state index in [-0.39, 0.29) is 11.8 Å². The molecule has 1 saturated heterocycles. The van der Waals surface area contributed by atoms with E-state index in [4.69, 9.17) is 0 Å². The van der Waals surface area contributed by atoms with Crippen LogP contribution in [0.15, 0.2) is 54.9 Å². The number of carbonyl (C=O) groups excluding carboxylic acids is 2. The number of amides is 2. The van der Waals surface area contributed by atoms with Crippen LogP contribution >= 0.6 is 0 Å². The molecular formula is C29H30N4O2. The molecular weight excluding hydrogens is 436 g/mol. The van der Waals surface area contributed by atoms with Gasteiger partial charge in [0.15, 0.2) is 0 Å². The first-order valence-corrected chi connectivity index (χ1v) is 12.6. The Morgan fingerprint density at radius 2 is 1.63 bits per heavy atom. The predicted octanol–water partition coefficient (Wildman–Crippen LogP) is 4.87. The summed E-state index contributed by atoms with van der Waals surface area (Å²) in [4.78, 5) is 32.1. The second-order valence-corrected chi connectivity index (χ2v) is 9.74. The van der Waals surface area contributed by atoms with Gasteiger partial charge in [-0.25, -0.2) is 0 Å². The number of aromatic nitrogens is 2. The Labute approximate surface area is 204 Å². The minimum Gasteiger partial charge on any atom is -0.361 e. The molecule has 0 atom stereocenters. The zero-order valence-corrected chi connectivity index (χ0v) is 20.1. The number of rotatable bonds is 6. The molecule has 2 aromatic heterocycles. The fourth-order valence-corrected chi connectivity index (χ4v) is 5.80. The summed E-state index contributed by atoms with van der Waals surface area (Å²) in [6, 6.07) is 14.1. The number of nitrogens with zero attached hydrogens (tertiary/aromatic N) is 2. The maximum Gasteiger partial charge on any atom is 0.259 e. The molecule has 2 amide bonds. The topological polar surface area (TPSA) is 70.1 Å². The van der Waals surface area contributed by atoms with Gasteiger partial charge in [-0.1, -0.05) is 36.8 Å². The number of benzene rings is 2. The van der Waals surface area contributed by atoms with Gasteiger partial charge in [0, 0.05) is 51.9 Å². The maximum absolute atomic E-state index is 13.2. The Bertz CT molecular complexity index is 1480. The minimum absolute atomic E-state index is 0.328. The van der Waals surface area contributed by atoms with Gasteiger partial charge in [0.25, 0.3) is 11.8 Å². The van der Waals surface area contributed by atoms with Crippen LogP contribution in [0.4, 0.5) is 0 Å². The third-order valence-electron chi connectivity index (χ3n) is 7.50. The van der Waals surface area contributed by atoms with Gasteiger partial charge in [-0.3, -0.25) is 14.9 Å². The number of H-pyrrole nitrogens is 1. The molecule has 0 radical (unpaired) electrons. The number of aromatic amines is 1. The fraction of sp³-hybridized carbons (Fsp3) is 0.310. The summed E-state index contributed by atoms with van der Waals surface area (Å²) in [6.07, 6.45) is 8.90. The van der Waals surface area contributed by atoms with E-state index in [1.54, 1.807) is 0 Å². The van der Waals surface area contributed by atoms with Crippen molar-refractivity contribution in [2.75, 3.05) is 19.6 Å². The lowest BCUT2D eigenvalue weighted by atomic mass is 9.94. The zero-order chi connectivity index (χ0) is 23.9. The van der Waals surface area contributed by atoms with Crippen LogP contribution in [0.2, 0.25) is 0 Å². The second kappa shape index (κ2) is 8.86. The van der Waals surface area contributed by atoms with Crippen molar-refractivity contribution in [3.8, 4) is 0 Å². The molecule has 2 aromatic carbocycles. The maximum atomic E-state index is 13.2. The van der Waals surface area contributed by atoms with Crippen molar-refractivity contribution < 1.29 is 9.59 Å². The molecule has 4 aromatic rings. The molecule has 1 fully saturated rings. The Balaban J connectivity index is 1.45. The molecule has 35 heavy (non-hydrogen) atoms. The zero-order valence-electron chi connectivity index (χ0n) is 20.1. The molecule has 0 aliphatic carbocycles. The first kappa shape index (κ1) is 21.9. The van der Waals surface area contributed by atoms with E-state index in [9.17, 15) is 9.59 Å². The highest BCUT2D eigenvalue weighted by molar-refractivity contribution is 6.50. The lowest BCUT2D eigenvalue weighted by Crippen LogP contribution is -2.31. The molecule has 0 saturated carbocycles. The van der Waals surface area contributed by atoms with Crippen molar-refractivity contribution in [2.24, 2.45) is 0 Å². The van der Waals surface area contributed by atoms with E-state index < -0.39 is 0 Å². The summed E-state index contributed by atoms with van der Waals surface area (Å²) in [5.41, 5.74) is 5.66. The number of aryl methyl sites for hydroxylation is 2. The average molecular weight is 467 g/mol. The number of fused-ring (bicyclic) bond motifs is 2. The molecule has 4 heterocycles. The van der Waals surface area contributed by atoms with Crippen LogP contribution in [-0.2, 0) is 16.1 Å². The summed E-state index contributed by atoms with van der Waals surface area (Å²) < 4.78 is 2.26. The lowest BCUT2D eigenvalue weighted by Gasteiger charge is -2.26. The van der Waals surface area contributed by atoms with Gasteiger partial charge in [0.1, 0.15) is 0 Å². The largest absolute Gasteiger partial charge is 0.361 e. The van der Waals surface area contributed by atoms with E-state index >= 15 is 0 Å². The van der Waals surface area contributed by atoms with Gasteiger partial charge in [0.05, 0.1) is 11.1 Å². The number of nitrogens with one attached hydrogen (secondary N) is 2. The van der Waals surface area contributed by atoms with Crippen molar-refractivity contribution in [1.82, 2.24) is 19.8 Å². The third kappa shape index (κ3) is 3.78. The number of likely N-dealkylation sites (tertiary alicyclic amines) is 1. The van der Waals surface area contributed by atoms with Crippen LogP contribution in [0.5, 0.6) is 0 Å². The number of hydrogen-bond donors (Lipinski definition) is 2. The van der Waals surface area contributed by atoms with Crippen molar-refractivity contribution in [3.63, 3.8) is 0 Å². The summed E-state index contributed by atoms with van der Waals surface area (Å²) in [5.74, 6) is -0.666. The van der Waals surface area contributed by atoms with Crippen molar-refractivity contribution in [1.29, 1.82) is 0 Å². The van der Waals surface area contributed by atoms with Gasteiger partial charge in [-0.2, -0.15) is 0 Å². The molecule has 0 spiro atoms. The number of hydrogen-bond acceptors (Lipinski definition) is 3. The van der Waals surface area contributed by atoms with E-state index in [1.165, 1.54) is 32.4 Å². The molecule has 2 N–H and O–H groups in total. The summed E-state index contributed by atoms with van der Waals surface area (Å²) in [5, 5.41) is 4.55. The summed E-state index contributed by atoms with van der Waals surface area (Å²) >= 11 is 0. The first-order valence-electron chi connectivity index (χ1n) is 12.6. The number of imide groups is 1. The van der Waals surface area contributed by atoms with Gasteiger partial charge < -0.3 is 14.5 Å². The highest BCUT2D eigenvalue weighted by atomic mass is 16.2. The highest BCUT2D eigenvalue weighted by Gasteiger charge is 2.35. The van der Waals surface area contributed by atoms with Gasteiger partial charge in [-0.15, -0.1) is 0 Å². The number of carbonyl (C=O) groups is 2. The smallest absolute Gasteiger partial charge is 0.259 e. The van der Waals surface area contributed by atoms with Crippen molar-refractivity contribution in [3.05, 3.63) is 71.5 Å². The van der Waals surface area contributed by atoms with E-state index in [1.807, 2.05) is 30.5 Å². The predicted molar refractivity (Wildman–Crippen MR) is 140 cm³/mol. The molecule has 0 unspecified atom stereocenters. The van der Waals surface area contributed by atoms with E-state index in [0.29, 0.717) is 11.1 Å². The van der Waals surface area contributed by atoms with Crippen LogP contribution in [-0.4, -0.2) is 45.9 Å². The lowest BCUT2D eigenvalue weighted by molar-refractivity contribution is -0.122. The Morgan fingerprint density at radius 3 is 2.46 bits per heavy atom. The molecule has 6 heteroatoms. The van der Waals surface area contributed by atoms with Crippen LogP contribution in [0.3, 0.4) is 0 Å². The third-order valence-corrected chi connectivity index (χ3v) is 7.50. The van der Waals surface area contributed by atoms with Crippen molar-refractivity contribution >= 4 is 44.8 Å². The van der Waals surface area contributed by atoms with Crippen LogP contribution in [0, 0.1) is 6.92 Å². The van der Waals surface area contributed by atoms with Gasteiger partial charge >= 0.3 is 0 Å². The number of piperidine rings is 1. The minimum atomic E-state index is -0.339. The first-order chi connectivity index (χ1) is 17.1. The summed E-state index contributed by atoms with van der Waals surface area (Å²) in [6.45, 7) is 6.43. The quantitative estimate of drug-likeness (QED) is 0.398. The molecule has 2 aliphatic rings. The Kier molecular flexibility index (Phi) is 5.53. The normalized spacial score (nSPS) is 17.2. The van der Waals surface area contributed by atoms with Crippen LogP contribution in [0.1, 0.15) is 42.4 Å². The average Bonchev–Trinajstić information content (AvgIpc) is 3.53. The second-order valence-electron chi connectivity index (χ2n) is 9.74. The van der Waals surface area contributed by atoms with Crippen LogP contribution < -0.4 is 5.32 Å². The van der Waals surface area contributed by atoms with E-state index in [0.717, 1.165) is 58.0 Å². The molecule has 178 valence electrons. The Hall–Kier alpha value is -3.64. The SMILES string of the molecule is Cc1cccc2c1c(C1=C(c3c[nH]c4ccccc34)C(=O)NC1=O)cn2CCCN1CCCCC1. The van der Waals surface area contributed by atoms with Crippen molar-refractivity contribution in [2.45, 2.75) is 39.2 Å². The molecule has 2 aliphatic heterocycles. The van der Waals surface area contributed by atoms with E-state index in [2.05, 4.69) is 51.1 Å². The van der Waals surface area contributed by atoms with Crippen LogP contribution in [0.25, 0.3) is 33.0 Å². The molecule has 6 nitrogen and oxygen atoms in total. The molecule has 6 rings (SSSR count). The molecule has 0 bridgehead atoms. The monoisotopic (exact) mass is 466 g/mol. The van der Waals surface area contributed by atoms with Gasteiger partial charge in [0.2, 0.25) is 0 Å². The van der Waals surface area contributed by atoms with Gasteiger partial charge in [-0.05, 0) is 63.5 Å². The fourth-order valence-electron chi connectivity index (χ4n) is 5.80. The number of para-hydroxylation sites is 1. The standard InChI is InChI=1S/C29H30N4O2/c1-19-9-7-12-24-25(19)22(18-33(24)16-8-15-32-13-5-2-6-14-32)27-26(28(34)31-29(27)35)21-17-30-23-11-4-3-10-20(21)23/h3-4,7,9-12,17-18,30H,2,5-6,8,13-16H2,1H3,(H,31,34,35). The Morgan fingerprint density at radius 1 is 0.857 bits per heavy atom. The summed E-state index contributed by atoms with van der Waals surface area (Å²) in [7, 11) is 0.